The van der Waals surface area contributed by atoms with Gasteiger partial charge >= 0.3 is 12.1 Å². The molecule has 1 atom stereocenters. The van der Waals surface area contributed by atoms with Gasteiger partial charge in [-0.3, -0.25) is 4.79 Å². The monoisotopic (exact) mass is 509 g/mol. The fourth-order valence-corrected chi connectivity index (χ4v) is 6.27. The average molecular weight is 510 g/mol. The minimum Gasteiger partial charge on any atom is -0.481 e. The molecule has 0 saturated heterocycles. The van der Waals surface area contributed by atoms with E-state index in [1.165, 1.54) is 12.7 Å². The molecule has 2 aromatic carbocycles. The summed E-state index contributed by atoms with van der Waals surface area (Å²) in [6.45, 7) is 3.17. The van der Waals surface area contributed by atoms with Gasteiger partial charge in [-0.15, -0.1) is 0 Å². The summed E-state index contributed by atoms with van der Waals surface area (Å²) >= 11 is 6.83. The van der Waals surface area contributed by atoms with Crippen molar-refractivity contribution in [1.82, 2.24) is 14.5 Å². The van der Waals surface area contributed by atoms with Crippen molar-refractivity contribution in [2.75, 3.05) is 13.7 Å². The SMILES string of the molecule is COC(=O)N1CCc2c(Cl)cc3c(nc(C4CCC(C(=O)O)CC4)n3[C@H](C)Cc3ccccc3)c2C1. The highest BCUT2D eigenvalue weighted by molar-refractivity contribution is 6.32. The Bertz CT molecular complexity index is 1280. The van der Waals surface area contributed by atoms with Crippen molar-refractivity contribution < 1.29 is 19.4 Å². The van der Waals surface area contributed by atoms with Gasteiger partial charge in [0.2, 0.25) is 0 Å². The molecule has 0 radical (unpaired) electrons. The third-order valence-electron chi connectivity index (χ3n) is 7.85. The van der Waals surface area contributed by atoms with Crippen LogP contribution in [0.3, 0.4) is 0 Å². The largest absolute Gasteiger partial charge is 0.481 e. The number of nitrogens with zero attached hydrogens (tertiary/aromatic N) is 3. The van der Waals surface area contributed by atoms with E-state index in [4.69, 9.17) is 21.3 Å². The van der Waals surface area contributed by atoms with E-state index in [0.29, 0.717) is 37.4 Å². The lowest BCUT2D eigenvalue weighted by Crippen LogP contribution is -2.36. The van der Waals surface area contributed by atoms with Gasteiger partial charge in [-0.2, -0.15) is 0 Å². The molecule has 8 heteroatoms. The summed E-state index contributed by atoms with van der Waals surface area (Å²) in [5.74, 6) is 0.192. The molecule has 7 nitrogen and oxygen atoms in total. The van der Waals surface area contributed by atoms with Gasteiger partial charge in [-0.25, -0.2) is 9.78 Å². The summed E-state index contributed by atoms with van der Waals surface area (Å²) in [5.41, 5.74) is 5.14. The lowest BCUT2D eigenvalue weighted by molar-refractivity contribution is -0.142. The van der Waals surface area contributed by atoms with E-state index in [-0.39, 0.29) is 24.0 Å². The van der Waals surface area contributed by atoms with Crippen LogP contribution in [-0.2, 0) is 28.9 Å². The molecular formula is C28H32ClN3O4. The highest BCUT2D eigenvalue weighted by Crippen LogP contribution is 2.41. The highest BCUT2D eigenvalue weighted by Gasteiger charge is 2.33. The lowest BCUT2D eigenvalue weighted by Gasteiger charge is -2.29. The van der Waals surface area contributed by atoms with Crippen LogP contribution in [0.25, 0.3) is 11.0 Å². The van der Waals surface area contributed by atoms with Crippen molar-refractivity contribution in [3.05, 3.63) is 63.9 Å². The summed E-state index contributed by atoms with van der Waals surface area (Å²) < 4.78 is 7.30. The Hall–Kier alpha value is -3.06. The molecule has 36 heavy (non-hydrogen) atoms. The first-order chi connectivity index (χ1) is 17.4. The van der Waals surface area contributed by atoms with Gasteiger partial charge in [0.25, 0.3) is 0 Å². The van der Waals surface area contributed by atoms with Gasteiger partial charge in [0.15, 0.2) is 0 Å². The number of carboxylic acids is 1. The Morgan fingerprint density at radius 2 is 1.89 bits per heavy atom. The number of halogens is 1. The summed E-state index contributed by atoms with van der Waals surface area (Å²) in [7, 11) is 1.40. The second-order valence-corrected chi connectivity index (χ2v) is 10.5. The van der Waals surface area contributed by atoms with Crippen LogP contribution in [0.5, 0.6) is 0 Å². The molecule has 5 rings (SSSR count). The van der Waals surface area contributed by atoms with Crippen LogP contribution in [0.2, 0.25) is 5.02 Å². The van der Waals surface area contributed by atoms with Crippen LogP contribution in [0.4, 0.5) is 4.79 Å². The zero-order valence-electron chi connectivity index (χ0n) is 20.7. The number of amides is 1. The Morgan fingerprint density at radius 1 is 1.17 bits per heavy atom. The Labute approximate surface area is 216 Å². The highest BCUT2D eigenvalue weighted by atomic mass is 35.5. The average Bonchev–Trinajstić information content (AvgIpc) is 3.28. The van der Waals surface area contributed by atoms with Crippen LogP contribution >= 0.6 is 11.6 Å². The van der Waals surface area contributed by atoms with Crippen molar-refractivity contribution in [2.24, 2.45) is 5.92 Å². The number of rotatable bonds is 5. The summed E-state index contributed by atoms with van der Waals surface area (Å²) in [6.07, 6.45) is 4.05. The minimum atomic E-state index is -0.705. The molecule has 1 aliphatic heterocycles. The van der Waals surface area contributed by atoms with Crippen LogP contribution in [0.15, 0.2) is 36.4 Å². The number of benzene rings is 2. The number of fused-ring (bicyclic) bond motifs is 3. The maximum Gasteiger partial charge on any atom is 0.409 e. The second-order valence-electron chi connectivity index (χ2n) is 10.1. The molecule has 1 N–H and O–H groups in total. The predicted octanol–water partition coefficient (Wildman–Crippen LogP) is 5.98. The Kier molecular flexibility index (Phi) is 6.93. The van der Waals surface area contributed by atoms with Crippen molar-refractivity contribution in [2.45, 2.75) is 64.0 Å². The third-order valence-corrected chi connectivity index (χ3v) is 8.18. The van der Waals surface area contributed by atoms with Crippen LogP contribution < -0.4 is 0 Å². The van der Waals surface area contributed by atoms with E-state index in [2.05, 4.69) is 35.8 Å². The zero-order chi connectivity index (χ0) is 25.4. The van der Waals surface area contributed by atoms with E-state index in [1.807, 2.05) is 12.1 Å². The summed E-state index contributed by atoms with van der Waals surface area (Å²) in [5, 5.41) is 10.2. The number of carbonyl (C=O) groups excluding carboxylic acids is 1. The van der Waals surface area contributed by atoms with Crippen molar-refractivity contribution in [3.8, 4) is 0 Å². The van der Waals surface area contributed by atoms with Gasteiger partial charge in [0, 0.05) is 29.1 Å². The standard InChI is InChI=1S/C28H32ClN3O4/c1-17(14-18-6-4-3-5-7-18)32-24-15-23(29)21-12-13-31(28(35)36-2)16-22(21)25(24)30-26(32)19-8-10-20(11-9-19)27(33)34/h3-7,15,17,19-20H,8-14,16H2,1-2H3,(H,33,34)/t17-,19?,20?/m1/s1. The molecule has 0 bridgehead atoms. The van der Waals surface area contributed by atoms with E-state index >= 15 is 0 Å². The maximum absolute atomic E-state index is 12.3. The number of aromatic nitrogens is 2. The van der Waals surface area contributed by atoms with Gasteiger partial charge in [-0.1, -0.05) is 41.9 Å². The van der Waals surface area contributed by atoms with Gasteiger partial charge in [0.1, 0.15) is 5.82 Å². The first kappa shape index (κ1) is 24.6. The topological polar surface area (TPSA) is 84.7 Å². The number of carbonyl (C=O) groups is 2. The van der Waals surface area contributed by atoms with E-state index in [9.17, 15) is 14.7 Å². The summed E-state index contributed by atoms with van der Waals surface area (Å²) in [6, 6.07) is 12.6. The molecule has 3 aromatic rings. The van der Waals surface area contributed by atoms with Crippen LogP contribution in [-0.4, -0.2) is 45.3 Å². The second kappa shape index (κ2) is 10.1. The fraction of sp³-hybridized carbons (Fsp3) is 0.464. The molecule has 2 aliphatic rings. The van der Waals surface area contributed by atoms with Crippen molar-refractivity contribution in [1.29, 1.82) is 0 Å². The van der Waals surface area contributed by atoms with E-state index in [1.54, 1.807) is 4.90 Å². The van der Waals surface area contributed by atoms with Crippen molar-refractivity contribution in [3.63, 3.8) is 0 Å². The quantitative estimate of drug-likeness (QED) is 0.457. The molecule has 2 heterocycles. The lowest BCUT2D eigenvalue weighted by atomic mass is 9.81. The molecule has 190 valence electrons. The molecule has 1 saturated carbocycles. The van der Waals surface area contributed by atoms with Crippen molar-refractivity contribution >= 4 is 34.7 Å². The number of aliphatic carboxylic acids is 1. The van der Waals surface area contributed by atoms with Gasteiger partial charge < -0.3 is 19.3 Å². The maximum atomic E-state index is 12.3. The number of hydrogen-bond acceptors (Lipinski definition) is 4. The first-order valence-electron chi connectivity index (χ1n) is 12.7. The van der Waals surface area contributed by atoms with Gasteiger partial charge in [0.05, 0.1) is 30.6 Å². The Morgan fingerprint density at radius 3 is 2.56 bits per heavy atom. The third kappa shape index (κ3) is 4.57. The molecule has 1 fully saturated rings. The molecule has 1 amide bonds. The molecule has 1 aromatic heterocycles. The zero-order valence-corrected chi connectivity index (χ0v) is 21.5. The number of hydrogen-bond donors (Lipinski definition) is 1. The number of carboxylic acid groups (broad SMARTS) is 1. The summed E-state index contributed by atoms with van der Waals surface area (Å²) in [4.78, 5) is 30.8. The number of imidazole rings is 1. The predicted molar refractivity (Wildman–Crippen MR) is 138 cm³/mol. The van der Waals surface area contributed by atoms with E-state index < -0.39 is 5.97 Å². The van der Waals surface area contributed by atoms with Gasteiger partial charge in [-0.05, 0) is 62.6 Å². The number of methoxy groups -OCH3 is 1. The molecule has 0 unspecified atom stereocenters. The molecule has 0 spiro atoms. The number of ether oxygens (including phenoxy) is 1. The Balaban J connectivity index is 1.60. The van der Waals surface area contributed by atoms with Crippen LogP contribution in [0, 0.1) is 5.92 Å². The molecule has 1 aliphatic carbocycles. The smallest absolute Gasteiger partial charge is 0.409 e. The normalized spacial score (nSPS) is 20.7. The minimum absolute atomic E-state index is 0.124. The first-order valence-corrected chi connectivity index (χ1v) is 13.1. The van der Waals surface area contributed by atoms with Crippen LogP contribution in [0.1, 0.15) is 67.1 Å². The fourth-order valence-electron chi connectivity index (χ4n) is 5.96. The molecular weight excluding hydrogens is 478 g/mol. The van der Waals surface area contributed by atoms with E-state index in [0.717, 1.165) is 47.2 Å².